The monoisotopic (exact) mass is 244 g/mol. The van der Waals surface area contributed by atoms with Crippen molar-refractivity contribution < 1.29 is 14.7 Å². The number of hydrogen-bond donors (Lipinski definition) is 2. The third-order valence-corrected chi connectivity index (χ3v) is 2.57. The number of carboxylic acid groups (broad SMARTS) is 1. The number of rotatable bonds is 3. The molecule has 5 heteroatoms. The van der Waals surface area contributed by atoms with Crippen molar-refractivity contribution in [1.82, 2.24) is 4.90 Å². The van der Waals surface area contributed by atoms with E-state index in [4.69, 9.17) is 10.8 Å². The van der Waals surface area contributed by atoms with Crippen molar-refractivity contribution in [2.75, 3.05) is 6.54 Å². The van der Waals surface area contributed by atoms with E-state index in [0.29, 0.717) is 0 Å². The van der Waals surface area contributed by atoms with Crippen LogP contribution in [0.15, 0.2) is 0 Å². The van der Waals surface area contributed by atoms with E-state index in [-0.39, 0.29) is 17.9 Å². The zero-order chi connectivity index (χ0) is 14.0. The molecule has 0 spiro atoms. The minimum Gasteiger partial charge on any atom is -0.480 e. The third-order valence-electron chi connectivity index (χ3n) is 2.57. The average Bonchev–Trinajstić information content (AvgIpc) is 2.08. The van der Waals surface area contributed by atoms with Gasteiger partial charge in [0.2, 0.25) is 5.91 Å². The van der Waals surface area contributed by atoms with E-state index in [2.05, 4.69) is 0 Å². The van der Waals surface area contributed by atoms with E-state index in [0.717, 1.165) is 0 Å². The summed E-state index contributed by atoms with van der Waals surface area (Å²) in [6.45, 7) is 10.6. The molecule has 0 heterocycles. The van der Waals surface area contributed by atoms with Gasteiger partial charge in [-0.1, -0.05) is 20.8 Å². The lowest BCUT2D eigenvalue weighted by atomic mass is 9.85. The van der Waals surface area contributed by atoms with Gasteiger partial charge in [0, 0.05) is 5.54 Å². The van der Waals surface area contributed by atoms with Crippen LogP contribution >= 0.6 is 0 Å². The molecule has 1 atom stereocenters. The van der Waals surface area contributed by atoms with Crippen molar-refractivity contribution in [3.63, 3.8) is 0 Å². The van der Waals surface area contributed by atoms with Gasteiger partial charge < -0.3 is 15.7 Å². The van der Waals surface area contributed by atoms with E-state index in [1.165, 1.54) is 4.90 Å². The highest BCUT2D eigenvalue weighted by Gasteiger charge is 2.36. The van der Waals surface area contributed by atoms with Crippen LogP contribution in [0.5, 0.6) is 0 Å². The lowest BCUT2D eigenvalue weighted by Crippen LogP contribution is -2.57. The first-order valence-electron chi connectivity index (χ1n) is 5.66. The minimum absolute atomic E-state index is 0.326. The summed E-state index contributed by atoms with van der Waals surface area (Å²) in [4.78, 5) is 24.3. The normalized spacial score (nSPS) is 14.3. The summed E-state index contributed by atoms with van der Waals surface area (Å²) in [6, 6.07) is -0.707. The standard InChI is InChI=1S/C12H24N2O3/c1-11(2,3)9(13)10(17)14(7-8(15)16)12(4,5)6/h9H,7,13H2,1-6H3,(H,15,16)/t9-/m1/s1. The molecule has 0 aromatic carbocycles. The number of carbonyl (C=O) groups excluding carboxylic acids is 1. The smallest absolute Gasteiger partial charge is 0.323 e. The first-order chi connectivity index (χ1) is 7.37. The molecule has 0 unspecified atom stereocenters. The summed E-state index contributed by atoms with van der Waals surface area (Å²) < 4.78 is 0. The van der Waals surface area contributed by atoms with Gasteiger partial charge in [0.1, 0.15) is 6.54 Å². The maximum Gasteiger partial charge on any atom is 0.323 e. The lowest BCUT2D eigenvalue weighted by Gasteiger charge is -2.39. The van der Waals surface area contributed by atoms with Crippen molar-refractivity contribution in [3.8, 4) is 0 Å². The molecule has 0 radical (unpaired) electrons. The summed E-state index contributed by atoms with van der Waals surface area (Å²) in [7, 11) is 0. The summed E-state index contributed by atoms with van der Waals surface area (Å²) in [6.07, 6.45) is 0. The topological polar surface area (TPSA) is 83.6 Å². The Morgan fingerprint density at radius 2 is 1.59 bits per heavy atom. The summed E-state index contributed by atoms with van der Waals surface area (Å²) in [5.74, 6) is -1.36. The van der Waals surface area contributed by atoms with Crippen molar-refractivity contribution in [2.24, 2.45) is 11.1 Å². The Balaban J connectivity index is 5.08. The number of nitrogens with zero attached hydrogens (tertiary/aromatic N) is 1. The van der Waals surface area contributed by atoms with Gasteiger partial charge in [0.05, 0.1) is 6.04 Å². The highest BCUT2D eigenvalue weighted by molar-refractivity contribution is 5.86. The highest BCUT2D eigenvalue weighted by atomic mass is 16.4. The highest BCUT2D eigenvalue weighted by Crippen LogP contribution is 2.22. The first-order valence-corrected chi connectivity index (χ1v) is 5.66. The van der Waals surface area contributed by atoms with Crippen LogP contribution in [0.4, 0.5) is 0 Å². The predicted octanol–water partition coefficient (Wildman–Crippen LogP) is 1.07. The maximum atomic E-state index is 12.2. The van der Waals surface area contributed by atoms with E-state index < -0.39 is 17.6 Å². The molecule has 3 N–H and O–H groups in total. The Kier molecular flexibility index (Phi) is 4.71. The molecule has 0 aliphatic carbocycles. The predicted molar refractivity (Wildman–Crippen MR) is 66.5 cm³/mol. The van der Waals surface area contributed by atoms with Crippen molar-refractivity contribution in [3.05, 3.63) is 0 Å². The van der Waals surface area contributed by atoms with E-state index in [1.807, 2.05) is 20.8 Å². The summed E-state index contributed by atoms with van der Waals surface area (Å²) >= 11 is 0. The van der Waals surface area contributed by atoms with Crippen LogP contribution in [-0.4, -0.2) is 40.0 Å². The van der Waals surface area contributed by atoms with Gasteiger partial charge in [-0.15, -0.1) is 0 Å². The van der Waals surface area contributed by atoms with Gasteiger partial charge in [-0.2, -0.15) is 0 Å². The molecular weight excluding hydrogens is 220 g/mol. The molecule has 0 saturated carbocycles. The van der Waals surface area contributed by atoms with Gasteiger partial charge in [-0.05, 0) is 26.2 Å². The van der Waals surface area contributed by atoms with Crippen LogP contribution in [-0.2, 0) is 9.59 Å². The fourth-order valence-corrected chi connectivity index (χ4v) is 1.32. The Morgan fingerprint density at radius 1 is 1.18 bits per heavy atom. The lowest BCUT2D eigenvalue weighted by molar-refractivity contribution is -0.150. The molecule has 0 aliphatic heterocycles. The van der Waals surface area contributed by atoms with Crippen LogP contribution in [0.3, 0.4) is 0 Å². The molecule has 100 valence electrons. The molecule has 0 aromatic heterocycles. The zero-order valence-electron chi connectivity index (χ0n) is 11.6. The van der Waals surface area contributed by atoms with Crippen LogP contribution in [0, 0.1) is 5.41 Å². The molecule has 0 fully saturated rings. The van der Waals surface area contributed by atoms with Crippen LogP contribution in [0.2, 0.25) is 0 Å². The van der Waals surface area contributed by atoms with E-state index in [1.54, 1.807) is 20.8 Å². The first kappa shape index (κ1) is 15.9. The zero-order valence-corrected chi connectivity index (χ0v) is 11.6. The van der Waals surface area contributed by atoms with Crippen LogP contribution in [0.1, 0.15) is 41.5 Å². The molecule has 0 bridgehead atoms. The van der Waals surface area contributed by atoms with Gasteiger partial charge in [-0.3, -0.25) is 9.59 Å². The SMILES string of the molecule is CC(C)(C)[C@H](N)C(=O)N(CC(=O)O)C(C)(C)C. The number of amides is 1. The third kappa shape index (κ3) is 4.73. The molecule has 0 aliphatic rings. The number of hydrogen-bond acceptors (Lipinski definition) is 3. The van der Waals surface area contributed by atoms with Gasteiger partial charge >= 0.3 is 5.97 Å². The molecule has 0 saturated heterocycles. The molecular formula is C12H24N2O3. The second-order valence-electron chi connectivity index (χ2n) is 6.33. The van der Waals surface area contributed by atoms with E-state index >= 15 is 0 Å². The molecule has 0 aromatic rings. The largest absolute Gasteiger partial charge is 0.480 e. The van der Waals surface area contributed by atoms with Crippen molar-refractivity contribution in [2.45, 2.75) is 53.1 Å². The van der Waals surface area contributed by atoms with E-state index in [9.17, 15) is 9.59 Å². The van der Waals surface area contributed by atoms with Crippen LogP contribution in [0.25, 0.3) is 0 Å². The number of aliphatic carboxylic acids is 1. The number of carboxylic acids is 1. The summed E-state index contributed by atoms with van der Waals surface area (Å²) in [5.41, 5.74) is 4.94. The molecule has 0 rings (SSSR count). The fourth-order valence-electron chi connectivity index (χ4n) is 1.32. The summed E-state index contributed by atoms with van der Waals surface area (Å²) in [5, 5.41) is 8.85. The Hall–Kier alpha value is -1.10. The average molecular weight is 244 g/mol. The Morgan fingerprint density at radius 3 is 1.82 bits per heavy atom. The Labute approximate surface area is 103 Å². The second-order valence-corrected chi connectivity index (χ2v) is 6.33. The van der Waals surface area contributed by atoms with Gasteiger partial charge in [-0.25, -0.2) is 0 Å². The number of nitrogens with two attached hydrogens (primary N) is 1. The van der Waals surface area contributed by atoms with Crippen LogP contribution < -0.4 is 5.73 Å². The maximum absolute atomic E-state index is 12.2. The molecule has 5 nitrogen and oxygen atoms in total. The molecule has 1 amide bonds. The number of carbonyl (C=O) groups is 2. The quantitative estimate of drug-likeness (QED) is 0.778. The van der Waals surface area contributed by atoms with Crippen molar-refractivity contribution in [1.29, 1.82) is 0 Å². The van der Waals surface area contributed by atoms with Crippen molar-refractivity contribution >= 4 is 11.9 Å². The Bertz CT molecular complexity index is 300. The van der Waals surface area contributed by atoms with Gasteiger partial charge in [0.15, 0.2) is 0 Å². The minimum atomic E-state index is -1.03. The fraction of sp³-hybridized carbons (Fsp3) is 0.833. The second kappa shape index (κ2) is 5.04. The molecule has 17 heavy (non-hydrogen) atoms. The van der Waals surface area contributed by atoms with Gasteiger partial charge in [0.25, 0.3) is 0 Å².